The Kier molecular flexibility index (Phi) is 3.61. The SMILES string of the molecule is c1ccc(CN2CCOC3CN(c4ncnc5nc[nH]c45)CC32)cc1. The maximum absolute atomic E-state index is 6.06. The summed E-state index contributed by atoms with van der Waals surface area (Å²) in [6, 6.07) is 11.0. The van der Waals surface area contributed by atoms with Crippen LogP contribution >= 0.6 is 0 Å². The first-order chi connectivity index (χ1) is 12.4. The summed E-state index contributed by atoms with van der Waals surface area (Å²) in [5.41, 5.74) is 2.96. The molecule has 0 amide bonds. The van der Waals surface area contributed by atoms with Crippen molar-refractivity contribution in [3.63, 3.8) is 0 Å². The number of imidazole rings is 1. The molecule has 0 bridgehead atoms. The van der Waals surface area contributed by atoms with Crippen molar-refractivity contribution >= 4 is 17.0 Å². The predicted molar refractivity (Wildman–Crippen MR) is 94.3 cm³/mol. The molecule has 2 aliphatic heterocycles. The maximum atomic E-state index is 6.06. The lowest BCUT2D eigenvalue weighted by Crippen LogP contribution is -2.50. The van der Waals surface area contributed by atoms with Gasteiger partial charge in [0, 0.05) is 26.2 Å². The van der Waals surface area contributed by atoms with Crippen molar-refractivity contribution in [2.24, 2.45) is 0 Å². The number of hydrogen-bond acceptors (Lipinski definition) is 6. The van der Waals surface area contributed by atoms with Crippen LogP contribution in [0.15, 0.2) is 43.0 Å². The molecule has 2 atom stereocenters. The lowest BCUT2D eigenvalue weighted by atomic mass is 10.1. The molecule has 2 fully saturated rings. The topological polar surface area (TPSA) is 70.2 Å². The number of morpholine rings is 1. The van der Waals surface area contributed by atoms with E-state index >= 15 is 0 Å². The van der Waals surface area contributed by atoms with Gasteiger partial charge in [-0.2, -0.15) is 0 Å². The predicted octanol–water partition coefficient (Wildman–Crippen LogP) is 1.44. The van der Waals surface area contributed by atoms with E-state index in [4.69, 9.17) is 4.74 Å². The molecule has 7 nitrogen and oxygen atoms in total. The van der Waals surface area contributed by atoms with Crippen molar-refractivity contribution in [2.75, 3.05) is 31.1 Å². The summed E-state index contributed by atoms with van der Waals surface area (Å²) in [6.07, 6.45) is 3.47. The molecule has 2 aliphatic rings. The monoisotopic (exact) mass is 336 g/mol. The van der Waals surface area contributed by atoms with E-state index in [-0.39, 0.29) is 6.10 Å². The van der Waals surface area contributed by atoms with E-state index in [1.165, 1.54) is 5.56 Å². The zero-order valence-corrected chi connectivity index (χ0v) is 13.9. The number of hydrogen-bond donors (Lipinski definition) is 1. The van der Waals surface area contributed by atoms with E-state index < -0.39 is 0 Å². The molecule has 0 spiro atoms. The van der Waals surface area contributed by atoms with Gasteiger partial charge in [-0.25, -0.2) is 15.0 Å². The molecule has 2 saturated heterocycles. The number of aromatic amines is 1. The highest BCUT2D eigenvalue weighted by Crippen LogP contribution is 2.29. The maximum Gasteiger partial charge on any atom is 0.182 e. The summed E-state index contributed by atoms with van der Waals surface area (Å²) in [5, 5.41) is 0. The highest BCUT2D eigenvalue weighted by molar-refractivity contribution is 5.82. The Morgan fingerprint density at radius 3 is 2.96 bits per heavy atom. The number of benzene rings is 1. The van der Waals surface area contributed by atoms with Crippen molar-refractivity contribution in [2.45, 2.75) is 18.7 Å². The van der Waals surface area contributed by atoms with Crippen molar-refractivity contribution in [3.05, 3.63) is 48.5 Å². The zero-order valence-electron chi connectivity index (χ0n) is 13.9. The third-order valence-corrected chi connectivity index (χ3v) is 5.15. The molecule has 3 aromatic rings. The highest BCUT2D eigenvalue weighted by Gasteiger charge is 2.41. The van der Waals surface area contributed by atoms with E-state index in [1.54, 1.807) is 12.7 Å². The molecule has 0 aliphatic carbocycles. The van der Waals surface area contributed by atoms with E-state index in [9.17, 15) is 0 Å². The molecule has 0 saturated carbocycles. The van der Waals surface area contributed by atoms with Gasteiger partial charge >= 0.3 is 0 Å². The first-order valence-corrected chi connectivity index (χ1v) is 8.67. The fraction of sp³-hybridized carbons (Fsp3) is 0.389. The Balaban J connectivity index is 1.39. The first kappa shape index (κ1) is 14.8. The normalized spacial score (nSPS) is 23.9. The van der Waals surface area contributed by atoms with Crippen LogP contribution in [-0.4, -0.2) is 63.2 Å². The molecule has 4 heterocycles. The molecule has 0 radical (unpaired) electrons. The minimum atomic E-state index is 0.213. The Labute approximate surface area is 145 Å². The van der Waals surface area contributed by atoms with Gasteiger partial charge in [-0.15, -0.1) is 0 Å². The van der Waals surface area contributed by atoms with Crippen LogP contribution in [0.25, 0.3) is 11.2 Å². The van der Waals surface area contributed by atoms with Crippen LogP contribution in [0.2, 0.25) is 0 Å². The second-order valence-corrected chi connectivity index (χ2v) is 6.64. The number of nitrogens with zero attached hydrogens (tertiary/aromatic N) is 5. The average Bonchev–Trinajstić information content (AvgIpc) is 3.29. The number of anilines is 1. The molecule has 2 aromatic heterocycles. The largest absolute Gasteiger partial charge is 0.373 e. The quantitative estimate of drug-likeness (QED) is 0.780. The lowest BCUT2D eigenvalue weighted by molar-refractivity contribution is -0.0499. The Morgan fingerprint density at radius 1 is 1.12 bits per heavy atom. The van der Waals surface area contributed by atoms with Gasteiger partial charge in [-0.3, -0.25) is 4.90 Å². The number of fused-ring (bicyclic) bond motifs is 2. The fourth-order valence-electron chi connectivity index (χ4n) is 3.94. The van der Waals surface area contributed by atoms with Gasteiger partial charge in [0.15, 0.2) is 11.5 Å². The number of nitrogens with one attached hydrogen (secondary N) is 1. The first-order valence-electron chi connectivity index (χ1n) is 8.67. The minimum absolute atomic E-state index is 0.213. The van der Waals surface area contributed by atoms with E-state index in [2.05, 4.69) is 60.1 Å². The lowest BCUT2D eigenvalue weighted by Gasteiger charge is -2.36. The van der Waals surface area contributed by atoms with Gasteiger partial charge in [0.05, 0.1) is 25.1 Å². The average molecular weight is 336 g/mol. The third kappa shape index (κ3) is 2.65. The highest BCUT2D eigenvalue weighted by atomic mass is 16.5. The Hall–Kier alpha value is -2.51. The standard InChI is InChI=1S/C18H20N6O/c1-2-4-13(5-3-1)8-23-6-7-25-15-10-24(9-14(15)23)18-16-17(20-11-19-16)21-12-22-18/h1-5,11-12,14-15H,6-10H2,(H,19,20,21,22). The second kappa shape index (κ2) is 6.09. The Bertz CT molecular complexity index is 866. The smallest absolute Gasteiger partial charge is 0.182 e. The molecule has 128 valence electrons. The number of aromatic nitrogens is 4. The summed E-state index contributed by atoms with van der Waals surface area (Å²) >= 11 is 0. The molecular weight excluding hydrogens is 316 g/mol. The van der Waals surface area contributed by atoms with Gasteiger partial charge < -0.3 is 14.6 Å². The molecule has 5 rings (SSSR count). The van der Waals surface area contributed by atoms with E-state index in [1.807, 2.05) is 0 Å². The van der Waals surface area contributed by atoms with Crippen LogP contribution in [0, 0.1) is 0 Å². The summed E-state index contributed by atoms with van der Waals surface area (Å²) in [4.78, 5) is 20.9. The van der Waals surface area contributed by atoms with Crippen LogP contribution in [0.1, 0.15) is 5.56 Å². The van der Waals surface area contributed by atoms with Gasteiger partial charge in [-0.1, -0.05) is 30.3 Å². The molecule has 2 unspecified atom stereocenters. The zero-order chi connectivity index (χ0) is 16.6. The molecule has 7 heteroatoms. The van der Waals surface area contributed by atoms with E-state index in [0.29, 0.717) is 11.7 Å². The van der Waals surface area contributed by atoms with Crippen LogP contribution in [-0.2, 0) is 11.3 Å². The van der Waals surface area contributed by atoms with Crippen molar-refractivity contribution in [3.8, 4) is 0 Å². The molecule has 1 aromatic carbocycles. The number of H-pyrrole nitrogens is 1. The van der Waals surface area contributed by atoms with Crippen LogP contribution in [0.5, 0.6) is 0 Å². The number of ether oxygens (including phenoxy) is 1. The summed E-state index contributed by atoms with van der Waals surface area (Å²) in [5.74, 6) is 0.917. The van der Waals surface area contributed by atoms with E-state index in [0.717, 1.165) is 44.1 Å². The minimum Gasteiger partial charge on any atom is -0.373 e. The van der Waals surface area contributed by atoms with Crippen molar-refractivity contribution in [1.82, 2.24) is 24.8 Å². The molecule has 1 N–H and O–H groups in total. The number of rotatable bonds is 3. The summed E-state index contributed by atoms with van der Waals surface area (Å²) in [6.45, 7) is 4.46. The van der Waals surface area contributed by atoms with Crippen LogP contribution < -0.4 is 4.90 Å². The fourth-order valence-corrected chi connectivity index (χ4v) is 3.94. The second-order valence-electron chi connectivity index (χ2n) is 6.64. The van der Waals surface area contributed by atoms with Gasteiger partial charge in [0.25, 0.3) is 0 Å². The van der Waals surface area contributed by atoms with Crippen molar-refractivity contribution < 1.29 is 4.74 Å². The van der Waals surface area contributed by atoms with Crippen molar-refractivity contribution in [1.29, 1.82) is 0 Å². The Morgan fingerprint density at radius 2 is 2.04 bits per heavy atom. The third-order valence-electron chi connectivity index (χ3n) is 5.15. The van der Waals surface area contributed by atoms with Gasteiger partial charge in [0.2, 0.25) is 0 Å². The summed E-state index contributed by atoms with van der Waals surface area (Å²) in [7, 11) is 0. The molecular formula is C18H20N6O. The van der Waals surface area contributed by atoms with Crippen LogP contribution in [0.4, 0.5) is 5.82 Å². The van der Waals surface area contributed by atoms with Gasteiger partial charge in [0.1, 0.15) is 11.8 Å². The molecule has 25 heavy (non-hydrogen) atoms. The van der Waals surface area contributed by atoms with Crippen LogP contribution in [0.3, 0.4) is 0 Å². The van der Waals surface area contributed by atoms with Gasteiger partial charge in [-0.05, 0) is 5.56 Å². The summed E-state index contributed by atoms with van der Waals surface area (Å²) < 4.78 is 6.06.